The van der Waals surface area contributed by atoms with Crippen molar-refractivity contribution in [3.8, 4) is 5.75 Å². The van der Waals surface area contributed by atoms with E-state index in [4.69, 9.17) is 9.47 Å². The van der Waals surface area contributed by atoms with Crippen molar-refractivity contribution >= 4 is 11.7 Å². The van der Waals surface area contributed by atoms with Gasteiger partial charge in [0, 0.05) is 37.2 Å². The molecule has 4 aromatic carbocycles. The lowest BCUT2D eigenvalue weighted by Crippen LogP contribution is -2.48. The van der Waals surface area contributed by atoms with Gasteiger partial charge in [0.05, 0.1) is 4.92 Å². The second kappa shape index (κ2) is 12.4. The number of benzene rings is 4. The van der Waals surface area contributed by atoms with Crippen LogP contribution in [0.2, 0.25) is 0 Å². The normalized spacial score (nSPS) is 14.3. The lowest BCUT2D eigenvalue weighted by molar-refractivity contribution is -0.386. The van der Waals surface area contributed by atoms with Crippen LogP contribution in [0.4, 0.5) is 5.69 Å². The highest BCUT2D eigenvalue weighted by molar-refractivity contribution is 5.66. The Morgan fingerprint density at radius 1 is 0.902 bits per heavy atom. The maximum atomic E-state index is 12.3. The van der Waals surface area contributed by atoms with Crippen molar-refractivity contribution in [2.24, 2.45) is 0 Å². The molecule has 1 atom stereocenters. The number of hydrogen-bond acceptors (Lipinski definition) is 6. The van der Waals surface area contributed by atoms with E-state index < -0.39 is 17.0 Å². The molecular weight excluding hydrogens is 516 g/mol. The molecule has 0 spiro atoms. The Labute approximate surface area is 240 Å². The summed E-state index contributed by atoms with van der Waals surface area (Å²) in [5.41, 5.74) is 4.83. The topological polar surface area (TPSA) is 81.9 Å². The molecule has 0 fully saturated rings. The summed E-state index contributed by atoms with van der Waals surface area (Å²) in [4.78, 5) is 26.3. The van der Waals surface area contributed by atoms with E-state index in [0.29, 0.717) is 18.7 Å². The van der Waals surface area contributed by atoms with E-state index in [-0.39, 0.29) is 23.6 Å². The third kappa shape index (κ3) is 6.81. The molecule has 0 unspecified atom stereocenters. The van der Waals surface area contributed by atoms with Crippen LogP contribution in [-0.4, -0.2) is 27.9 Å². The van der Waals surface area contributed by atoms with E-state index >= 15 is 0 Å². The predicted molar refractivity (Wildman–Crippen MR) is 157 cm³/mol. The number of esters is 1. The van der Waals surface area contributed by atoms with Gasteiger partial charge in [-0.15, -0.1) is 0 Å². The maximum Gasteiger partial charge on any atom is 0.311 e. The summed E-state index contributed by atoms with van der Waals surface area (Å²) in [6.45, 7) is 4.83. The van der Waals surface area contributed by atoms with Gasteiger partial charge in [-0.2, -0.15) is 0 Å². The van der Waals surface area contributed by atoms with E-state index in [2.05, 4.69) is 48.2 Å². The van der Waals surface area contributed by atoms with Gasteiger partial charge in [-0.3, -0.25) is 19.8 Å². The quantitative estimate of drug-likeness (QED) is 0.116. The molecule has 0 N–H and O–H groups in total. The fourth-order valence-corrected chi connectivity index (χ4v) is 5.63. The van der Waals surface area contributed by atoms with Crippen LogP contribution in [0, 0.1) is 10.1 Å². The lowest BCUT2D eigenvalue weighted by atomic mass is 9.93. The maximum absolute atomic E-state index is 12.3. The summed E-state index contributed by atoms with van der Waals surface area (Å²) in [6, 6.07) is 33.0. The van der Waals surface area contributed by atoms with Crippen LogP contribution in [0.5, 0.6) is 5.75 Å². The van der Waals surface area contributed by atoms with E-state index in [1.54, 1.807) is 12.1 Å². The van der Waals surface area contributed by atoms with Crippen LogP contribution >= 0.6 is 0 Å². The van der Waals surface area contributed by atoms with Gasteiger partial charge >= 0.3 is 11.7 Å². The number of nitro groups is 1. The Bertz CT molecular complexity index is 1480. The van der Waals surface area contributed by atoms with Gasteiger partial charge < -0.3 is 9.47 Å². The number of hydrogen-bond donors (Lipinski definition) is 0. The van der Waals surface area contributed by atoms with Crippen molar-refractivity contribution in [1.82, 2.24) is 4.90 Å². The zero-order valence-electron chi connectivity index (χ0n) is 23.4. The molecule has 0 saturated heterocycles. The van der Waals surface area contributed by atoms with Crippen LogP contribution in [0.25, 0.3) is 0 Å². The van der Waals surface area contributed by atoms with E-state index in [1.807, 2.05) is 48.5 Å². The van der Waals surface area contributed by atoms with Crippen molar-refractivity contribution < 1.29 is 19.2 Å². The van der Waals surface area contributed by atoms with Crippen molar-refractivity contribution in [2.45, 2.75) is 51.5 Å². The Balaban J connectivity index is 1.45. The molecule has 41 heavy (non-hydrogen) atoms. The highest BCUT2D eigenvalue weighted by atomic mass is 16.6. The molecule has 0 bridgehead atoms. The Kier molecular flexibility index (Phi) is 8.45. The van der Waals surface area contributed by atoms with Crippen LogP contribution in [0.1, 0.15) is 47.8 Å². The molecule has 0 aliphatic heterocycles. The molecule has 5 rings (SSSR count). The first kappa shape index (κ1) is 28.1. The molecule has 1 aliphatic carbocycles. The van der Waals surface area contributed by atoms with Crippen LogP contribution in [0.3, 0.4) is 0 Å². The number of fused-ring (bicyclic) bond motifs is 1. The molecule has 4 aromatic rings. The van der Waals surface area contributed by atoms with Crippen molar-refractivity contribution in [1.29, 1.82) is 0 Å². The first-order valence-electron chi connectivity index (χ1n) is 13.8. The van der Waals surface area contributed by atoms with Crippen LogP contribution in [0.15, 0.2) is 103 Å². The van der Waals surface area contributed by atoms with E-state index in [9.17, 15) is 14.9 Å². The monoisotopic (exact) mass is 550 g/mol. The van der Waals surface area contributed by atoms with Crippen LogP contribution in [-0.2, 0) is 35.5 Å². The Hall–Kier alpha value is -4.49. The summed E-state index contributed by atoms with van der Waals surface area (Å²) in [5, 5.41) is 12.1. The largest absolute Gasteiger partial charge is 0.482 e. The summed E-state index contributed by atoms with van der Waals surface area (Å²) < 4.78 is 11.7. The molecule has 7 heteroatoms. The minimum Gasteiger partial charge on any atom is -0.482 e. The highest BCUT2D eigenvalue weighted by Crippen LogP contribution is 2.38. The summed E-state index contributed by atoms with van der Waals surface area (Å²) >= 11 is 0. The highest BCUT2D eigenvalue weighted by Gasteiger charge is 2.39. The average Bonchev–Trinajstić information content (AvgIpc) is 3.33. The van der Waals surface area contributed by atoms with Crippen LogP contribution < -0.4 is 4.74 Å². The molecule has 1 aliphatic rings. The third-order valence-electron chi connectivity index (χ3n) is 7.72. The van der Waals surface area contributed by atoms with Crippen molar-refractivity contribution in [2.75, 3.05) is 6.54 Å². The molecule has 0 amide bonds. The van der Waals surface area contributed by atoms with Gasteiger partial charge in [-0.25, -0.2) is 0 Å². The molecule has 7 nitrogen and oxygen atoms in total. The number of nitro benzene ring substituents is 1. The second-order valence-electron chi connectivity index (χ2n) is 10.8. The standard InChI is InChI=1S/C34H34N2O5/c1-25(37)41-33(28-17-18-32(31(19-28)36(38)39)40-24-27-13-7-4-8-14-27)23-35(22-26-11-5-3-6-12-26)34(2)20-29-15-9-10-16-30(29)21-34/h3-19,33H,20-24H2,1-2H3/t33-/m0/s1. The van der Waals surface area contributed by atoms with E-state index in [0.717, 1.165) is 24.0 Å². The lowest BCUT2D eigenvalue weighted by Gasteiger charge is -2.40. The van der Waals surface area contributed by atoms with E-state index in [1.165, 1.54) is 24.1 Å². The van der Waals surface area contributed by atoms with Crippen molar-refractivity contribution in [3.05, 3.63) is 141 Å². The smallest absolute Gasteiger partial charge is 0.311 e. The zero-order chi connectivity index (χ0) is 28.8. The van der Waals surface area contributed by atoms with Gasteiger partial charge in [0.25, 0.3) is 0 Å². The van der Waals surface area contributed by atoms with Gasteiger partial charge in [0.15, 0.2) is 5.75 Å². The molecule has 0 aromatic heterocycles. The molecule has 210 valence electrons. The zero-order valence-corrected chi connectivity index (χ0v) is 23.4. The minimum atomic E-state index is -0.710. The predicted octanol–water partition coefficient (Wildman–Crippen LogP) is 6.84. The second-order valence-corrected chi connectivity index (χ2v) is 10.8. The Morgan fingerprint density at radius 2 is 1.49 bits per heavy atom. The summed E-state index contributed by atoms with van der Waals surface area (Å²) in [6.07, 6.45) is 1.00. The van der Waals surface area contributed by atoms with Gasteiger partial charge in [0.1, 0.15) is 12.7 Å². The first-order valence-corrected chi connectivity index (χ1v) is 13.8. The molecule has 0 heterocycles. The average molecular weight is 551 g/mol. The first-order chi connectivity index (χ1) is 19.8. The van der Waals surface area contributed by atoms with Gasteiger partial charge in [-0.1, -0.05) is 91.0 Å². The Morgan fingerprint density at radius 3 is 2.07 bits per heavy atom. The molecular formula is C34H34N2O5. The van der Waals surface area contributed by atoms with Gasteiger partial charge in [-0.05, 0) is 48.1 Å². The third-order valence-corrected chi connectivity index (χ3v) is 7.72. The summed E-state index contributed by atoms with van der Waals surface area (Å²) in [5.74, 6) is -0.273. The fourth-order valence-electron chi connectivity index (χ4n) is 5.63. The van der Waals surface area contributed by atoms with Gasteiger partial charge in [0.2, 0.25) is 0 Å². The summed E-state index contributed by atoms with van der Waals surface area (Å²) in [7, 11) is 0. The number of nitrogens with zero attached hydrogens (tertiary/aromatic N) is 2. The fraction of sp³-hybridized carbons (Fsp3) is 0.265. The number of ether oxygens (including phenoxy) is 2. The minimum absolute atomic E-state index is 0.162. The SMILES string of the molecule is CC(=O)O[C@@H](CN(Cc1ccccc1)C1(C)Cc2ccccc2C1)c1ccc(OCc2ccccc2)c([N+](=O)[O-])c1. The number of carbonyl (C=O) groups excluding carboxylic acids is 1. The molecule has 0 saturated carbocycles. The number of rotatable bonds is 11. The number of carbonyl (C=O) groups is 1. The molecule has 0 radical (unpaired) electrons. The van der Waals surface area contributed by atoms with Crippen molar-refractivity contribution in [3.63, 3.8) is 0 Å².